The van der Waals surface area contributed by atoms with Crippen molar-refractivity contribution in [2.75, 3.05) is 6.61 Å². The summed E-state index contributed by atoms with van der Waals surface area (Å²) in [6.45, 7) is 1.98. The molecular weight excluding hydrogens is 348 g/mol. The van der Waals surface area contributed by atoms with Gasteiger partial charge in [0.15, 0.2) is 5.78 Å². The molecule has 1 aliphatic carbocycles. The summed E-state index contributed by atoms with van der Waals surface area (Å²) in [5, 5.41) is 10.0. The van der Waals surface area contributed by atoms with E-state index >= 15 is 0 Å². The largest absolute Gasteiger partial charge is 0.511 e. The van der Waals surface area contributed by atoms with Crippen LogP contribution in [0.5, 0.6) is 0 Å². The average Bonchev–Trinajstić information content (AvgIpc) is 2.63. The number of hydrogen-bond donors (Lipinski definition) is 1. The van der Waals surface area contributed by atoms with E-state index in [4.69, 9.17) is 21.1 Å². The minimum Gasteiger partial charge on any atom is -0.434 e. The van der Waals surface area contributed by atoms with Gasteiger partial charge in [-0.2, -0.15) is 4.89 Å². The van der Waals surface area contributed by atoms with Crippen molar-refractivity contribution in [1.82, 2.24) is 0 Å². The van der Waals surface area contributed by atoms with Gasteiger partial charge in [0, 0.05) is 27.3 Å². The average molecular weight is 363 g/mol. The van der Waals surface area contributed by atoms with Crippen LogP contribution in [0.2, 0.25) is 5.02 Å². The quantitative estimate of drug-likeness (QED) is 0.381. The molecule has 0 fully saturated rings. The Balaban J connectivity index is 2.19. The van der Waals surface area contributed by atoms with Crippen molar-refractivity contribution < 1.29 is 29.2 Å². The van der Waals surface area contributed by atoms with Gasteiger partial charge in [0.05, 0.1) is 6.61 Å². The van der Waals surface area contributed by atoms with Crippen LogP contribution in [-0.4, -0.2) is 23.8 Å². The highest BCUT2D eigenvalue weighted by molar-refractivity contribution is 6.31. The molecule has 0 spiro atoms. The summed E-state index contributed by atoms with van der Waals surface area (Å²) in [6.07, 6.45) is -0.426. The Bertz CT molecular complexity index is 834. The van der Waals surface area contributed by atoms with E-state index in [1.54, 1.807) is 18.2 Å². The van der Waals surface area contributed by atoms with Crippen LogP contribution in [0, 0.1) is 0 Å². The van der Waals surface area contributed by atoms with Gasteiger partial charge in [-0.1, -0.05) is 42.8 Å². The summed E-state index contributed by atoms with van der Waals surface area (Å²) in [5.41, 5.74) is 0.764. The van der Waals surface area contributed by atoms with Crippen molar-refractivity contribution in [3.8, 4) is 0 Å². The first kappa shape index (κ1) is 17.4. The third-order valence-corrected chi connectivity index (χ3v) is 4.12. The zero-order valence-electron chi connectivity index (χ0n) is 13.3. The van der Waals surface area contributed by atoms with Crippen LogP contribution in [0.4, 0.5) is 4.79 Å². The van der Waals surface area contributed by atoms with E-state index in [0.29, 0.717) is 11.4 Å². The van der Waals surface area contributed by atoms with Gasteiger partial charge in [-0.05, 0) is 24.6 Å². The molecule has 1 unspecified atom stereocenters. The summed E-state index contributed by atoms with van der Waals surface area (Å²) >= 11 is 5.99. The lowest BCUT2D eigenvalue weighted by Gasteiger charge is -2.35. The fourth-order valence-corrected chi connectivity index (χ4v) is 2.98. The molecule has 2 aromatic rings. The molecular formula is C18H15ClO6. The number of halogens is 1. The molecule has 3 rings (SSSR count). The van der Waals surface area contributed by atoms with E-state index in [-0.39, 0.29) is 34.6 Å². The highest BCUT2D eigenvalue weighted by atomic mass is 35.5. The van der Waals surface area contributed by atoms with Crippen LogP contribution in [0.15, 0.2) is 42.5 Å². The lowest BCUT2D eigenvalue weighted by Crippen LogP contribution is -2.42. The van der Waals surface area contributed by atoms with Gasteiger partial charge in [-0.3, -0.25) is 4.79 Å². The van der Waals surface area contributed by atoms with E-state index in [1.807, 2.05) is 6.92 Å². The lowest BCUT2D eigenvalue weighted by atomic mass is 9.80. The van der Waals surface area contributed by atoms with Crippen molar-refractivity contribution in [3.63, 3.8) is 0 Å². The van der Waals surface area contributed by atoms with Crippen LogP contribution in [0.3, 0.4) is 0 Å². The van der Waals surface area contributed by atoms with Crippen molar-refractivity contribution in [3.05, 3.63) is 69.7 Å². The second-order valence-electron chi connectivity index (χ2n) is 5.47. The number of benzene rings is 2. The van der Waals surface area contributed by atoms with E-state index in [0.717, 1.165) is 0 Å². The number of hydrogen-bond acceptors (Lipinski definition) is 6. The van der Waals surface area contributed by atoms with E-state index in [2.05, 4.69) is 4.89 Å². The first-order valence-electron chi connectivity index (χ1n) is 7.66. The predicted octanol–water partition coefficient (Wildman–Crippen LogP) is 4.14. The number of ether oxygens (including phenoxy) is 2. The van der Waals surface area contributed by atoms with Crippen LogP contribution < -0.4 is 0 Å². The number of rotatable bonds is 4. The molecule has 0 saturated carbocycles. The van der Waals surface area contributed by atoms with Crippen molar-refractivity contribution in [2.45, 2.75) is 19.1 Å². The number of fused-ring (bicyclic) bond motifs is 2. The van der Waals surface area contributed by atoms with Gasteiger partial charge >= 0.3 is 11.9 Å². The Morgan fingerprint density at radius 3 is 2.60 bits per heavy atom. The molecule has 1 aliphatic rings. The van der Waals surface area contributed by atoms with Gasteiger partial charge in [-0.25, -0.2) is 10.1 Å². The summed E-state index contributed by atoms with van der Waals surface area (Å²) in [4.78, 5) is 29.5. The topological polar surface area (TPSA) is 82.1 Å². The van der Waals surface area contributed by atoms with Crippen molar-refractivity contribution >= 4 is 23.5 Å². The first-order chi connectivity index (χ1) is 12.0. The lowest BCUT2D eigenvalue weighted by molar-refractivity contribution is -0.383. The number of carbonyl (C=O) groups is 2. The Labute approximate surface area is 148 Å². The molecule has 2 aromatic carbocycles. The zero-order valence-corrected chi connectivity index (χ0v) is 14.1. The highest BCUT2D eigenvalue weighted by Gasteiger charge is 2.49. The second-order valence-corrected chi connectivity index (χ2v) is 5.91. The van der Waals surface area contributed by atoms with E-state index in [1.165, 1.54) is 24.3 Å². The van der Waals surface area contributed by atoms with Crippen LogP contribution >= 0.6 is 11.6 Å². The Morgan fingerprint density at radius 2 is 1.88 bits per heavy atom. The standard InChI is InChI=1S/C18H15ClO6/c1-2-9-23-17(21)24-18(25-22)14-6-4-3-5-12(14)16(20)13-10-11(19)7-8-15(13)18/h3-8,10,22H,2,9H2,1H3. The van der Waals surface area contributed by atoms with Crippen LogP contribution in [0.1, 0.15) is 40.4 Å². The molecule has 0 aliphatic heterocycles. The Kier molecular flexibility index (Phi) is 4.76. The summed E-state index contributed by atoms with van der Waals surface area (Å²) in [6, 6.07) is 10.8. The molecule has 130 valence electrons. The fraction of sp³-hybridized carbons (Fsp3) is 0.222. The zero-order chi connectivity index (χ0) is 18.0. The molecule has 0 bridgehead atoms. The van der Waals surface area contributed by atoms with Gasteiger partial charge < -0.3 is 9.47 Å². The smallest absolute Gasteiger partial charge is 0.434 e. The maximum absolute atomic E-state index is 12.8. The molecule has 0 saturated heterocycles. The summed E-state index contributed by atoms with van der Waals surface area (Å²) in [7, 11) is 0. The third kappa shape index (κ3) is 2.89. The monoisotopic (exact) mass is 362 g/mol. The molecule has 0 amide bonds. The van der Waals surface area contributed by atoms with E-state index < -0.39 is 11.9 Å². The predicted molar refractivity (Wildman–Crippen MR) is 88.5 cm³/mol. The Morgan fingerprint density at radius 1 is 1.16 bits per heavy atom. The molecule has 1 atom stereocenters. The molecule has 0 aromatic heterocycles. The van der Waals surface area contributed by atoms with Gasteiger partial charge in [0.25, 0.3) is 0 Å². The molecule has 7 heteroatoms. The van der Waals surface area contributed by atoms with Crippen molar-refractivity contribution in [2.24, 2.45) is 0 Å². The fourth-order valence-electron chi connectivity index (χ4n) is 2.81. The molecule has 1 N–H and O–H groups in total. The number of carbonyl (C=O) groups excluding carboxylic acids is 2. The second kappa shape index (κ2) is 6.84. The van der Waals surface area contributed by atoms with Crippen molar-refractivity contribution in [1.29, 1.82) is 0 Å². The SMILES string of the molecule is CCCOC(=O)OC1(OO)c2ccccc2C(=O)c2cc(Cl)ccc21. The summed E-state index contributed by atoms with van der Waals surface area (Å²) < 4.78 is 10.3. The highest BCUT2D eigenvalue weighted by Crippen LogP contribution is 2.44. The Hall–Kier alpha value is -2.41. The van der Waals surface area contributed by atoms with Crippen LogP contribution in [0.25, 0.3) is 0 Å². The third-order valence-electron chi connectivity index (χ3n) is 3.89. The minimum absolute atomic E-state index is 0.147. The van der Waals surface area contributed by atoms with Gasteiger partial charge in [-0.15, -0.1) is 0 Å². The molecule has 25 heavy (non-hydrogen) atoms. The first-order valence-corrected chi connectivity index (χ1v) is 8.04. The maximum Gasteiger partial charge on any atom is 0.511 e. The van der Waals surface area contributed by atoms with Gasteiger partial charge in [0.1, 0.15) is 0 Å². The molecule has 0 radical (unpaired) electrons. The van der Waals surface area contributed by atoms with E-state index in [9.17, 15) is 14.8 Å². The maximum atomic E-state index is 12.8. The van der Waals surface area contributed by atoms with Crippen LogP contribution in [-0.2, 0) is 20.1 Å². The normalized spacial score (nSPS) is 18.3. The minimum atomic E-state index is -2.02. The summed E-state index contributed by atoms with van der Waals surface area (Å²) in [5.74, 6) is -2.33. The molecule has 0 heterocycles. The number of ketones is 1. The van der Waals surface area contributed by atoms with Gasteiger partial charge in [0.2, 0.25) is 0 Å². The molecule has 6 nitrogen and oxygen atoms in total.